The van der Waals surface area contributed by atoms with Gasteiger partial charge in [-0.2, -0.15) is 5.10 Å². The minimum absolute atomic E-state index is 0.172. The molecule has 9 heteroatoms. The van der Waals surface area contributed by atoms with Crippen LogP contribution >= 0.6 is 23.2 Å². The van der Waals surface area contributed by atoms with Crippen molar-refractivity contribution in [3.8, 4) is 11.3 Å². The molecule has 3 aromatic rings. The maximum absolute atomic E-state index is 12.0. The van der Waals surface area contributed by atoms with E-state index in [0.29, 0.717) is 16.3 Å². The second-order valence-electron chi connectivity index (χ2n) is 5.33. The first-order valence-electron chi connectivity index (χ1n) is 7.57. The number of furan rings is 1. The molecule has 0 saturated carbocycles. The van der Waals surface area contributed by atoms with Gasteiger partial charge in [-0.25, -0.2) is 5.43 Å². The number of carbonyl (C=O) groups excluding carboxylic acids is 1. The van der Waals surface area contributed by atoms with E-state index in [0.717, 1.165) is 0 Å². The van der Waals surface area contributed by atoms with Crippen LogP contribution in [0.25, 0.3) is 11.3 Å². The molecule has 27 heavy (non-hydrogen) atoms. The normalized spacial score (nSPS) is 10.9. The van der Waals surface area contributed by atoms with Crippen molar-refractivity contribution in [2.24, 2.45) is 5.10 Å². The van der Waals surface area contributed by atoms with Crippen molar-refractivity contribution < 1.29 is 14.1 Å². The van der Waals surface area contributed by atoms with E-state index in [1.54, 1.807) is 30.3 Å². The molecular formula is C18H11Cl2N3O4. The van der Waals surface area contributed by atoms with Crippen LogP contribution in [0, 0.1) is 10.1 Å². The fourth-order valence-electron chi connectivity index (χ4n) is 2.28. The molecule has 0 bridgehead atoms. The van der Waals surface area contributed by atoms with Crippen molar-refractivity contribution >= 4 is 41.0 Å². The van der Waals surface area contributed by atoms with E-state index in [2.05, 4.69) is 10.5 Å². The van der Waals surface area contributed by atoms with Gasteiger partial charge in [0.25, 0.3) is 11.6 Å². The van der Waals surface area contributed by atoms with E-state index in [1.807, 2.05) is 0 Å². The number of nitrogens with zero attached hydrogens (tertiary/aromatic N) is 2. The molecule has 0 fully saturated rings. The lowest BCUT2D eigenvalue weighted by Gasteiger charge is -2.00. The van der Waals surface area contributed by atoms with E-state index in [-0.39, 0.29) is 22.0 Å². The third-order valence-electron chi connectivity index (χ3n) is 3.49. The quantitative estimate of drug-likeness (QED) is 0.371. The van der Waals surface area contributed by atoms with Gasteiger partial charge in [-0.15, -0.1) is 0 Å². The van der Waals surface area contributed by atoms with Crippen molar-refractivity contribution in [1.29, 1.82) is 0 Å². The highest BCUT2D eigenvalue weighted by Crippen LogP contribution is 2.33. The SMILES string of the molecule is O=C(N/N=C\c1ccc(-c2ccc(Cl)cc2[N+](=O)[O-])o1)c1cccc(Cl)c1. The third-order valence-corrected chi connectivity index (χ3v) is 3.96. The number of carbonyl (C=O) groups is 1. The number of hydrazone groups is 1. The summed E-state index contributed by atoms with van der Waals surface area (Å²) in [7, 11) is 0. The highest BCUT2D eigenvalue weighted by molar-refractivity contribution is 6.31. The Bertz CT molecular complexity index is 1050. The van der Waals surface area contributed by atoms with Gasteiger partial charge < -0.3 is 4.42 Å². The lowest BCUT2D eigenvalue weighted by molar-refractivity contribution is -0.384. The molecule has 0 aliphatic rings. The molecule has 0 unspecified atom stereocenters. The van der Waals surface area contributed by atoms with Crippen molar-refractivity contribution in [3.63, 3.8) is 0 Å². The molecule has 136 valence electrons. The Morgan fingerprint density at radius 1 is 1.11 bits per heavy atom. The molecule has 3 rings (SSSR count). The number of rotatable bonds is 5. The number of nitrogens with one attached hydrogen (secondary N) is 1. The van der Waals surface area contributed by atoms with Gasteiger partial charge in [0.15, 0.2) is 0 Å². The summed E-state index contributed by atoms with van der Waals surface area (Å²) in [5.74, 6) is 0.149. The predicted molar refractivity (Wildman–Crippen MR) is 102 cm³/mol. The molecule has 2 aromatic carbocycles. The zero-order valence-electron chi connectivity index (χ0n) is 13.6. The number of hydrogen-bond donors (Lipinski definition) is 1. The monoisotopic (exact) mass is 403 g/mol. The Morgan fingerprint density at radius 3 is 2.63 bits per heavy atom. The lowest BCUT2D eigenvalue weighted by atomic mass is 10.1. The Balaban J connectivity index is 1.74. The first-order valence-corrected chi connectivity index (χ1v) is 8.33. The molecule has 0 aliphatic carbocycles. The average molecular weight is 404 g/mol. The molecule has 0 aliphatic heterocycles. The number of hydrogen-bond acceptors (Lipinski definition) is 5. The lowest BCUT2D eigenvalue weighted by Crippen LogP contribution is -2.17. The minimum Gasteiger partial charge on any atom is -0.455 e. The molecule has 1 heterocycles. The predicted octanol–water partition coefficient (Wildman–Crippen LogP) is 4.93. The topological polar surface area (TPSA) is 97.7 Å². The van der Waals surface area contributed by atoms with Crippen molar-refractivity contribution in [2.45, 2.75) is 0 Å². The van der Waals surface area contributed by atoms with Gasteiger partial charge in [0, 0.05) is 21.7 Å². The van der Waals surface area contributed by atoms with Crippen LogP contribution < -0.4 is 5.43 Å². The summed E-state index contributed by atoms with van der Waals surface area (Å²) in [6, 6.07) is 13.8. The average Bonchev–Trinajstić information content (AvgIpc) is 3.10. The van der Waals surface area contributed by atoms with Crippen LogP contribution in [0.1, 0.15) is 16.1 Å². The summed E-state index contributed by atoms with van der Waals surface area (Å²) in [6.07, 6.45) is 1.29. The molecule has 0 spiro atoms. The molecule has 1 aromatic heterocycles. The molecule has 1 amide bonds. The van der Waals surface area contributed by atoms with E-state index in [9.17, 15) is 14.9 Å². The molecule has 1 N–H and O–H groups in total. The molecule has 7 nitrogen and oxygen atoms in total. The van der Waals surface area contributed by atoms with Crippen molar-refractivity contribution in [1.82, 2.24) is 5.43 Å². The summed E-state index contributed by atoms with van der Waals surface area (Å²) in [6.45, 7) is 0. The van der Waals surface area contributed by atoms with Crippen LogP contribution in [0.2, 0.25) is 10.0 Å². The first kappa shape index (κ1) is 18.6. The van der Waals surface area contributed by atoms with Crippen LogP contribution in [0.5, 0.6) is 0 Å². The fourth-order valence-corrected chi connectivity index (χ4v) is 2.64. The van der Waals surface area contributed by atoms with Crippen LogP contribution in [0.4, 0.5) is 5.69 Å². The van der Waals surface area contributed by atoms with Gasteiger partial charge in [0.2, 0.25) is 0 Å². The number of nitro benzene ring substituents is 1. The van der Waals surface area contributed by atoms with Crippen LogP contribution in [0.15, 0.2) is 64.1 Å². The summed E-state index contributed by atoms with van der Waals surface area (Å²) in [5.41, 5.74) is 2.82. The summed E-state index contributed by atoms with van der Waals surface area (Å²) >= 11 is 11.6. The summed E-state index contributed by atoms with van der Waals surface area (Å²) in [5, 5.41) is 15.7. The van der Waals surface area contributed by atoms with E-state index in [4.69, 9.17) is 27.6 Å². The van der Waals surface area contributed by atoms with E-state index < -0.39 is 10.8 Å². The van der Waals surface area contributed by atoms with Crippen LogP contribution in [0.3, 0.4) is 0 Å². The minimum atomic E-state index is -0.539. The Labute approximate surface area is 163 Å². The second-order valence-corrected chi connectivity index (χ2v) is 6.20. The number of halogens is 2. The maximum Gasteiger partial charge on any atom is 0.281 e. The van der Waals surface area contributed by atoms with Gasteiger partial charge in [-0.05, 0) is 42.5 Å². The van der Waals surface area contributed by atoms with Gasteiger partial charge in [-0.3, -0.25) is 14.9 Å². The van der Waals surface area contributed by atoms with Gasteiger partial charge in [-0.1, -0.05) is 29.3 Å². The van der Waals surface area contributed by atoms with Crippen LogP contribution in [-0.2, 0) is 0 Å². The van der Waals surface area contributed by atoms with Gasteiger partial charge >= 0.3 is 0 Å². The summed E-state index contributed by atoms with van der Waals surface area (Å²) in [4.78, 5) is 22.6. The first-order chi connectivity index (χ1) is 12.9. The van der Waals surface area contributed by atoms with Gasteiger partial charge in [0.05, 0.1) is 16.7 Å². The highest BCUT2D eigenvalue weighted by atomic mass is 35.5. The van der Waals surface area contributed by atoms with Crippen molar-refractivity contribution in [2.75, 3.05) is 0 Å². The zero-order valence-corrected chi connectivity index (χ0v) is 15.1. The smallest absolute Gasteiger partial charge is 0.281 e. The third kappa shape index (κ3) is 4.52. The maximum atomic E-state index is 12.0. The molecule has 0 radical (unpaired) electrons. The Kier molecular flexibility index (Phi) is 5.54. The molecule has 0 saturated heterocycles. The standard InChI is InChI=1S/C18H11Cl2N3O4/c19-12-3-1-2-11(8-12)18(24)22-21-10-14-5-7-17(27-14)15-6-4-13(20)9-16(15)23(25)26/h1-10H,(H,22,24)/b21-10-. The zero-order chi connectivity index (χ0) is 19.4. The number of nitro groups is 1. The fraction of sp³-hybridized carbons (Fsp3) is 0. The Morgan fingerprint density at radius 2 is 1.89 bits per heavy atom. The second kappa shape index (κ2) is 8.03. The molecule has 0 atom stereocenters. The number of amides is 1. The van der Waals surface area contributed by atoms with E-state index >= 15 is 0 Å². The van der Waals surface area contributed by atoms with Crippen LogP contribution in [-0.4, -0.2) is 17.0 Å². The highest BCUT2D eigenvalue weighted by Gasteiger charge is 2.18. The molecular weight excluding hydrogens is 393 g/mol. The van der Waals surface area contributed by atoms with E-state index in [1.165, 1.54) is 30.5 Å². The Hall–Kier alpha value is -3.16. The largest absolute Gasteiger partial charge is 0.455 e. The van der Waals surface area contributed by atoms with Gasteiger partial charge in [0.1, 0.15) is 11.5 Å². The summed E-state index contributed by atoms with van der Waals surface area (Å²) < 4.78 is 5.54. The van der Waals surface area contributed by atoms with Crippen molar-refractivity contribution in [3.05, 3.63) is 86.1 Å². The number of benzene rings is 2.